The van der Waals surface area contributed by atoms with Crippen molar-refractivity contribution in [1.29, 1.82) is 5.26 Å². The van der Waals surface area contributed by atoms with E-state index in [1.165, 1.54) is 4.68 Å². The number of nitriles is 1. The second-order valence-corrected chi connectivity index (χ2v) is 8.05. The van der Waals surface area contributed by atoms with Crippen molar-refractivity contribution in [3.8, 4) is 11.8 Å². The zero-order chi connectivity index (χ0) is 22.1. The van der Waals surface area contributed by atoms with Crippen LogP contribution in [-0.2, 0) is 0 Å². The summed E-state index contributed by atoms with van der Waals surface area (Å²) in [4.78, 5) is 20.0. The zero-order valence-electron chi connectivity index (χ0n) is 17.0. The van der Waals surface area contributed by atoms with Gasteiger partial charge in [0.15, 0.2) is 11.4 Å². The van der Waals surface area contributed by atoms with Gasteiger partial charge in [-0.15, -0.1) is 0 Å². The number of aliphatic imine (C=N–C) groups is 1. The smallest absolute Gasteiger partial charge is 0.292 e. The standard InChI is InChI=1S/C24H17N5O2S/c1-31-16-12-10-15(11-13-16)26-22-18(14-25)24(30)29(28-22)23-17-6-2-4-8-20(17)32-21-9-5-3-7-19(21)27-23/h2-13,26,28H,1H3. The number of para-hydroxylation sites is 1. The Kier molecular flexibility index (Phi) is 5.01. The molecule has 1 aliphatic rings. The normalized spacial score (nSPS) is 12.1. The lowest BCUT2D eigenvalue weighted by molar-refractivity contribution is 0.415. The number of methoxy groups -OCH3 is 1. The minimum absolute atomic E-state index is 0.0221. The molecular weight excluding hydrogens is 422 g/mol. The van der Waals surface area contributed by atoms with Gasteiger partial charge in [0.2, 0.25) is 0 Å². The molecule has 1 aliphatic heterocycles. The highest BCUT2D eigenvalue weighted by atomic mass is 32.2. The van der Waals surface area contributed by atoms with E-state index >= 15 is 0 Å². The Morgan fingerprint density at radius 1 is 1.03 bits per heavy atom. The van der Waals surface area contributed by atoms with Crippen LogP contribution >= 0.6 is 11.8 Å². The molecule has 0 radical (unpaired) electrons. The van der Waals surface area contributed by atoms with Gasteiger partial charge in [0, 0.05) is 21.0 Å². The summed E-state index contributed by atoms with van der Waals surface area (Å²) in [6, 6.07) is 24.8. The van der Waals surface area contributed by atoms with Gasteiger partial charge in [-0.05, 0) is 42.5 Å². The fourth-order valence-corrected chi connectivity index (χ4v) is 4.46. The van der Waals surface area contributed by atoms with Crippen LogP contribution in [0.4, 0.5) is 17.2 Å². The fourth-order valence-electron chi connectivity index (χ4n) is 3.44. The van der Waals surface area contributed by atoms with Crippen LogP contribution in [0.2, 0.25) is 0 Å². The van der Waals surface area contributed by atoms with Crippen LogP contribution in [0.15, 0.2) is 92.4 Å². The van der Waals surface area contributed by atoms with Crippen LogP contribution in [0.25, 0.3) is 0 Å². The predicted molar refractivity (Wildman–Crippen MR) is 125 cm³/mol. The van der Waals surface area contributed by atoms with Crippen molar-refractivity contribution in [2.24, 2.45) is 4.99 Å². The fraction of sp³-hybridized carbons (Fsp3) is 0.0417. The van der Waals surface area contributed by atoms with Crippen LogP contribution in [-0.4, -0.2) is 22.7 Å². The highest BCUT2D eigenvalue weighted by Gasteiger charge is 2.23. The van der Waals surface area contributed by atoms with Crippen molar-refractivity contribution in [2.75, 3.05) is 12.4 Å². The molecule has 4 aromatic rings. The van der Waals surface area contributed by atoms with Gasteiger partial charge in [-0.2, -0.15) is 9.94 Å². The first kappa shape index (κ1) is 19.7. The van der Waals surface area contributed by atoms with Gasteiger partial charge in [-0.1, -0.05) is 42.1 Å². The van der Waals surface area contributed by atoms with Crippen LogP contribution in [0.3, 0.4) is 0 Å². The van der Waals surface area contributed by atoms with Gasteiger partial charge in [-0.3, -0.25) is 9.89 Å². The molecule has 32 heavy (non-hydrogen) atoms. The summed E-state index contributed by atoms with van der Waals surface area (Å²) in [6.07, 6.45) is 0. The minimum atomic E-state index is -0.471. The number of rotatable bonds is 3. The van der Waals surface area contributed by atoms with E-state index in [9.17, 15) is 10.1 Å². The van der Waals surface area contributed by atoms with E-state index in [0.717, 1.165) is 21.0 Å². The molecular formula is C24H17N5O2S. The molecule has 1 aromatic heterocycles. The Balaban J connectivity index is 1.65. The number of fused-ring (bicyclic) bond motifs is 2. The number of nitrogens with one attached hydrogen (secondary N) is 2. The Morgan fingerprint density at radius 3 is 2.50 bits per heavy atom. The largest absolute Gasteiger partial charge is 0.497 e. The molecule has 2 N–H and O–H groups in total. The zero-order valence-corrected chi connectivity index (χ0v) is 17.8. The van der Waals surface area contributed by atoms with E-state index in [4.69, 9.17) is 9.73 Å². The van der Waals surface area contributed by atoms with Gasteiger partial charge >= 0.3 is 0 Å². The van der Waals surface area contributed by atoms with Crippen molar-refractivity contribution >= 4 is 34.8 Å². The molecule has 7 nitrogen and oxygen atoms in total. The van der Waals surface area contributed by atoms with Crippen LogP contribution in [0.1, 0.15) is 11.1 Å². The summed E-state index contributed by atoms with van der Waals surface area (Å²) in [6.45, 7) is 0. The summed E-state index contributed by atoms with van der Waals surface area (Å²) in [5.41, 5.74) is 1.78. The number of aromatic amines is 1. The van der Waals surface area contributed by atoms with Crippen molar-refractivity contribution < 1.29 is 4.74 Å². The number of aromatic nitrogens is 2. The number of nitrogens with zero attached hydrogens (tertiary/aromatic N) is 3. The summed E-state index contributed by atoms with van der Waals surface area (Å²) in [5, 5.41) is 15.9. The summed E-state index contributed by atoms with van der Waals surface area (Å²) in [5.74, 6) is 1.44. The third-order valence-corrected chi connectivity index (χ3v) is 6.15. The Morgan fingerprint density at radius 2 is 1.75 bits per heavy atom. The van der Waals surface area contributed by atoms with Gasteiger partial charge in [0.1, 0.15) is 17.6 Å². The lowest BCUT2D eigenvalue weighted by Gasteiger charge is -2.09. The maximum absolute atomic E-state index is 13.2. The van der Waals surface area contributed by atoms with Crippen LogP contribution < -0.4 is 15.6 Å². The molecule has 0 aliphatic carbocycles. The molecule has 156 valence electrons. The molecule has 0 fully saturated rings. The Hall–Kier alpha value is -4.22. The summed E-state index contributed by atoms with van der Waals surface area (Å²) >= 11 is 1.59. The molecule has 5 rings (SSSR count). The molecule has 8 heteroatoms. The minimum Gasteiger partial charge on any atom is -0.497 e. The lowest BCUT2D eigenvalue weighted by Crippen LogP contribution is -2.27. The van der Waals surface area contributed by atoms with Crippen molar-refractivity contribution in [2.45, 2.75) is 9.79 Å². The second-order valence-electron chi connectivity index (χ2n) is 6.97. The predicted octanol–water partition coefficient (Wildman–Crippen LogP) is 4.89. The van der Waals surface area contributed by atoms with E-state index in [2.05, 4.69) is 10.4 Å². The summed E-state index contributed by atoms with van der Waals surface area (Å²) in [7, 11) is 1.59. The van der Waals surface area contributed by atoms with Crippen molar-refractivity contribution in [1.82, 2.24) is 9.78 Å². The van der Waals surface area contributed by atoms with Gasteiger partial charge < -0.3 is 10.1 Å². The highest BCUT2D eigenvalue weighted by Crippen LogP contribution is 2.40. The van der Waals surface area contributed by atoms with Crippen molar-refractivity contribution in [3.63, 3.8) is 0 Å². The molecule has 0 bridgehead atoms. The van der Waals surface area contributed by atoms with Gasteiger partial charge in [0.05, 0.1) is 12.8 Å². The van der Waals surface area contributed by atoms with E-state index in [1.54, 1.807) is 43.1 Å². The first-order chi connectivity index (χ1) is 15.7. The first-order valence-corrected chi connectivity index (χ1v) is 10.6. The highest BCUT2D eigenvalue weighted by molar-refractivity contribution is 7.99. The topological polar surface area (TPSA) is 95.2 Å². The average molecular weight is 440 g/mol. The number of hydrogen-bond donors (Lipinski definition) is 2. The number of hydrogen-bond acceptors (Lipinski definition) is 6. The third kappa shape index (κ3) is 3.45. The molecule has 0 amide bonds. The number of H-pyrrole nitrogens is 1. The second kappa shape index (κ2) is 8.13. The quantitative estimate of drug-likeness (QED) is 0.417. The maximum Gasteiger partial charge on any atom is 0.292 e. The molecule has 0 spiro atoms. The molecule has 3 aromatic carbocycles. The average Bonchev–Trinajstić information content (AvgIpc) is 3.03. The monoisotopic (exact) mass is 439 g/mol. The van der Waals surface area contributed by atoms with Gasteiger partial charge in [-0.25, -0.2) is 4.99 Å². The number of anilines is 2. The molecule has 0 atom stereocenters. The molecule has 2 heterocycles. The number of ether oxygens (including phenoxy) is 1. The van der Waals surface area contributed by atoms with Gasteiger partial charge in [0.25, 0.3) is 5.56 Å². The maximum atomic E-state index is 13.2. The lowest BCUT2D eigenvalue weighted by atomic mass is 10.2. The Labute approximate surface area is 188 Å². The molecule has 0 saturated heterocycles. The molecule has 0 unspecified atom stereocenters. The first-order valence-electron chi connectivity index (χ1n) is 9.79. The van der Waals surface area contributed by atoms with Crippen LogP contribution in [0, 0.1) is 11.3 Å². The SMILES string of the molecule is COc1ccc(Nc2[nH]n(C3=Nc4ccccc4Sc4ccccc43)c(=O)c2C#N)cc1. The molecule has 0 saturated carbocycles. The van der Waals surface area contributed by atoms with E-state index in [0.29, 0.717) is 23.1 Å². The third-order valence-electron chi connectivity index (χ3n) is 5.01. The number of benzene rings is 3. The summed E-state index contributed by atoms with van der Waals surface area (Å²) < 4.78 is 6.51. The van der Waals surface area contributed by atoms with Crippen molar-refractivity contribution in [3.05, 3.63) is 94.3 Å². The Bertz CT molecular complexity index is 1440. The van der Waals surface area contributed by atoms with E-state index in [-0.39, 0.29) is 5.56 Å². The van der Waals surface area contributed by atoms with Crippen LogP contribution in [0.5, 0.6) is 5.75 Å². The van der Waals surface area contributed by atoms with E-state index < -0.39 is 5.56 Å². The van der Waals surface area contributed by atoms with E-state index in [1.807, 2.05) is 54.6 Å².